The van der Waals surface area contributed by atoms with Crippen molar-refractivity contribution in [3.63, 3.8) is 0 Å². The maximum Gasteiger partial charge on any atom is 0.391 e. The standard InChI is InChI=1S/C10H8F3N5O3S/c11-10(12,13)3-5(9(20)21)15-8(19)7-6(1-2-22-7)18-4-14-16-17-18/h1-2,4-5H,3H2,(H,15,19)(H,20,21). The molecular weight excluding hydrogens is 327 g/mol. The highest BCUT2D eigenvalue weighted by atomic mass is 32.1. The van der Waals surface area contributed by atoms with Gasteiger partial charge in [0.15, 0.2) is 0 Å². The fourth-order valence-electron chi connectivity index (χ4n) is 1.58. The summed E-state index contributed by atoms with van der Waals surface area (Å²) in [4.78, 5) is 22.9. The molecule has 0 spiro atoms. The van der Waals surface area contributed by atoms with Gasteiger partial charge in [-0.3, -0.25) is 4.79 Å². The highest BCUT2D eigenvalue weighted by molar-refractivity contribution is 7.12. The number of hydrogen-bond acceptors (Lipinski definition) is 6. The molecule has 0 fully saturated rings. The summed E-state index contributed by atoms with van der Waals surface area (Å²) in [5.74, 6) is -2.72. The third-order valence-electron chi connectivity index (χ3n) is 2.49. The number of hydrogen-bond donors (Lipinski definition) is 2. The summed E-state index contributed by atoms with van der Waals surface area (Å²) in [6, 6.07) is -0.591. The van der Waals surface area contributed by atoms with E-state index < -0.39 is 30.5 Å². The monoisotopic (exact) mass is 335 g/mol. The molecule has 0 bridgehead atoms. The number of aliphatic carboxylic acids is 1. The Morgan fingerprint density at radius 3 is 2.73 bits per heavy atom. The van der Waals surface area contributed by atoms with Gasteiger partial charge in [0, 0.05) is 0 Å². The van der Waals surface area contributed by atoms with Crippen molar-refractivity contribution in [3.8, 4) is 5.69 Å². The van der Waals surface area contributed by atoms with Crippen LogP contribution in [0.5, 0.6) is 0 Å². The predicted molar refractivity (Wildman–Crippen MR) is 66.6 cm³/mol. The number of nitrogens with one attached hydrogen (secondary N) is 1. The summed E-state index contributed by atoms with van der Waals surface area (Å²) in [6.07, 6.45) is -5.19. The number of carboxylic acids is 1. The molecular formula is C10H8F3N5O3S. The van der Waals surface area contributed by atoms with Crippen molar-refractivity contribution in [2.45, 2.75) is 18.6 Å². The Hall–Kier alpha value is -2.50. The summed E-state index contributed by atoms with van der Waals surface area (Å²) < 4.78 is 38.1. The van der Waals surface area contributed by atoms with E-state index in [9.17, 15) is 22.8 Å². The van der Waals surface area contributed by atoms with Crippen LogP contribution in [0.3, 0.4) is 0 Å². The van der Waals surface area contributed by atoms with E-state index in [0.29, 0.717) is 0 Å². The molecule has 1 unspecified atom stereocenters. The SMILES string of the molecule is O=C(NC(CC(F)(F)F)C(=O)O)c1sccc1-n1cnnn1. The Morgan fingerprint density at radius 2 is 2.18 bits per heavy atom. The molecule has 1 atom stereocenters. The Bertz CT molecular complexity index is 670. The van der Waals surface area contributed by atoms with Crippen LogP contribution in [0.2, 0.25) is 0 Å². The second-order valence-corrected chi connectivity index (χ2v) is 4.99. The minimum Gasteiger partial charge on any atom is -0.480 e. The second-order valence-electron chi connectivity index (χ2n) is 4.07. The van der Waals surface area contributed by atoms with Gasteiger partial charge >= 0.3 is 12.1 Å². The van der Waals surface area contributed by atoms with Gasteiger partial charge in [0.25, 0.3) is 5.91 Å². The van der Waals surface area contributed by atoms with Gasteiger partial charge < -0.3 is 10.4 Å². The van der Waals surface area contributed by atoms with E-state index in [1.54, 1.807) is 0 Å². The fraction of sp³-hybridized carbons (Fsp3) is 0.300. The molecule has 0 saturated carbocycles. The quantitative estimate of drug-likeness (QED) is 0.838. The van der Waals surface area contributed by atoms with Crippen LogP contribution in [0.15, 0.2) is 17.8 Å². The van der Waals surface area contributed by atoms with Crippen LogP contribution in [0.4, 0.5) is 13.2 Å². The summed E-state index contributed by atoms with van der Waals surface area (Å²) in [5.41, 5.74) is 0.239. The Labute approximate surface area is 124 Å². The molecule has 118 valence electrons. The molecule has 2 aromatic rings. The lowest BCUT2D eigenvalue weighted by Crippen LogP contribution is -2.43. The lowest BCUT2D eigenvalue weighted by molar-refractivity contribution is -0.157. The zero-order valence-corrected chi connectivity index (χ0v) is 11.4. The molecule has 8 nitrogen and oxygen atoms in total. The van der Waals surface area contributed by atoms with Crippen molar-refractivity contribution in [1.29, 1.82) is 0 Å². The van der Waals surface area contributed by atoms with E-state index in [2.05, 4.69) is 15.5 Å². The number of tetrazole rings is 1. The van der Waals surface area contributed by atoms with Gasteiger partial charge in [0.05, 0.1) is 12.1 Å². The number of aromatic nitrogens is 4. The molecule has 1 amide bonds. The molecule has 0 aliphatic carbocycles. The van der Waals surface area contributed by atoms with Crippen molar-refractivity contribution in [1.82, 2.24) is 25.5 Å². The first kappa shape index (κ1) is 15.9. The minimum atomic E-state index is -4.72. The number of carbonyl (C=O) groups is 2. The van der Waals surface area contributed by atoms with Crippen LogP contribution in [0.25, 0.3) is 5.69 Å². The number of alkyl halides is 3. The normalized spacial score (nSPS) is 12.9. The van der Waals surface area contributed by atoms with Crippen molar-refractivity contribution >= 4 is 23.2 Å². The van der Waals surface area contributed by atoms with Gasteiger partial charge in [-0.1, -0.05) is 0 Å². The van der Waals surface area contributed by atoms with Gasteiger partial charge in [-0.05, 0) is 21.9 Å². The van der Waals surface area contributed by atoms with Crippen molar-refractivity contribution in [2.75, 3.05) is 0 Å². The van der Waals surface area contributed by atoms with E-state index in [-0.39, 0.29) is 10.6 Å². The Balaban J connectivity index is 2.18. The van der Waals surface area contributed by atoms with Crippen LogP contribution < -0.4 is 5.32 Å². The second kappa shape index (κ2) is 6.09. The molecule has 0 aliphatic heterocycles. The zero-order valence-electron chi connectivity index (χ0n) is 10.6. The summed E-state index contributed by atoms with van der Waals surface area (Å²) in [5, 5.41) is 22.5. The first-order chi connectivity index (χ1) is 10.3. The molecule has 2 aromatic heterocycles. The topological polar surface area (TPSA) is 110 Å². The number of nitrogens with zero attached hydrogens (tertiary/aromatic N) is 4. The average Bonchev–Trinajstić information content (AvgIpc) is 3.06. The van der Waals surface area contributed by atoms with E-state index in [0.717, 1.165) is 16.0 Å². The van der Waals surface area contributed by atoms with Crippen LogP contribution in [0, 0.1) is 0 Å². The number of halogens is 3. The minimum absolute atomic E-state index is 0.000671. The van der Waals surface area contributed by atoms with Gasteiger partial charge in [0.1, 0.15) is 17.2 Å². The molecule has 0 aliphatic rings. The van der Waals surface area contributed by atoms with Gasteiger partial charge in [-0.15, -0.1) is 16.4 Å². The summed E-state index contributed by atoms with van der Waals surface area (Å²) >= 11 is 0.925. The first-order valence-corrected chi connectivity index (χ1v) is 6.57. The van der Waals surface area contributed by atoms with E-state index in [1.165, 1.54) is 17.8 Å². The number of carboxylic acid groups (broad SMARTS) is 1. The van der Waals surface area contributed by atoms with E-state index in [4.69, 9.17) is 5.11 Å². The molecule has 2 rings (SSSR count). The average molecular weight is 335 g/mol. The van der Waals surface area contributed by atoms with E-state index in [1.807, 2.05) is 5.32 Å². The summed E-state index contributed by atoms with van der Waals surface area (Å²) in [6.45, 7) is 0. The van der Waals surface area contributed by atoms with Crippen LogP contribution in [0.1, 0.15) is 16.1 Å². The third-order valence-corrected chi connectivity index (χ3v) is 3.39. The van der Waals surface area contributed by atoms with Crippen molar-refractivity contribution in [3.05, 3.63) is 22.7 Å². The maximum absolute atomic E-state index is 12.3. The molecule has 2 N–H and O–H groups in total. The highest BCUT2D eigenvalue weighted by Crippen LogP contribution is 2.23. The number of rotatable bonds is 5. The predicted octanol–water partition coefficient (Wildman–Crippen LogP) is 0.859. The van der Waals surface area contributed by atoms with Gasteiger partial charge in [-0.2, -0.15) is 17.9 Å². The van der Waals surface area contributed by atoms with Crippen molar-refractivity contribution < 1.29 is 27.9 Å². The van der Waals surface area contributed by atoms with Crippen LogP contribution >= 0.6 is 11.3 Å². The number of thiophene rings is 1. The van der Waals surface area contributed by atoms with Crippen LogP contribution in [-0.2, 0) is 4.79 Å². The van der Waals surface area contributed by atoms with E-state index >= 15 is 0 Å². The first-order valence-electron chi connectivity index (χ1n) is 5.69. The van der Waals surface area contributed by atoms with Gasteiger partial charge in [-0.25, -0.2) is 4.79 Å². The number of carbonyl (C=O) groups excluding carboxylic acids is 1. The molecule has 12 heteroatoms. The molecule has 0 aromatic carbocycles. The number of amides is 1. The summed E-state index contributed by atoms with van der Waals surface area (Å²) in [7, 11) is 0. The Morgan fingerprint density at radius 1 is 1.45 bits per heavy atom. The molecule has 22 heavy (non-hydrogen) atoms. The largest absolute Gasteiger partial charge is 0.480 e. The molecule has 0 radical (unpaired) electrons. The zero-order chi connectivity index (χ0) is 16.3. The van der Waals surface area contributed by atoms with Crippen molar-refractivity contribution in [2.24, 2.45) is 0 Å². The third kappa shape index (κ3) is 3.78. The lowest BCUT2D eigenvalue weighted by Gasteiger charge is -2.16. The fourth-order valence-corrected chi connectivity index (χ4v) is 2.36. The lowest BCUT2D eigenvalue weighted by atomic mass is 10.2. The Kier molecular flexibility index (Phi) is 4.40. The maximum atomic E-state index is 12.3. The molecule has 0 saturated heterocycles. The highest BCUT2D eigenvalue weighted by Gasteiger charge is 2.36. The van der Waals surface area contributed by atoms with Crippen LogP contribution in [-0.4, -0.2) is 49.4 Å². The van der Waals surface area contributed by atoms with Gasteiger partial charge in [0.2, 0.25) is 0 Å². The molecule has 2 heterocycles. The smallest absolute Gasteiger partial charge is 0.391 e.